The summed E-state index contributed by atoms with van der Waals surface area (Å²) >= 11 is 0. The predicted octanol–water partition coefficient (Wildman–Crippen LogP) is 2.26. The highest BCUT2D eigenvalue weighted by Gasteiger charge is 2.16. The van der Waals surface area contributed by atoms with Crippen molar-refractivity contribution in [3.63, 3.8) is 0 Å². The van der Waals surface area contributed by atoms with Crippen LogP contribution < -0.4 is 16.2 Å². The normalized spacial score (nSPS) is 16.2. The monoisotopic (exact) mass is 444 g/mol. The molecule has 4 N–H and O–H groups in total. The molecule has 4 rings (SSSR count). The molecule has 0 bridgehead atoms. The number of H-pyrrole nitrogens is 1. The van der Waals surface area contributed by atoms with Crippen LogP contribution in [-0.4, -0.2) is 41.4 Å². The molecular weight excluding hydrogens is 416 g/mol. The zero-order valence-electron chi connectivity index (χ0n) is 18.6. The summed E-state index contributed by atoms with van der Waals surface area (Å²) in [7, 11) is 1.84. The summed E-state index contributed by atoms with van der Waals surface area (Å²) < 4.78 is 5.39. The van der Waals surface area contributed by atoms with Gasteiger partial charge in [0, 0.05) is 42.8 Å². The van der Waals surface area contributed by atoms with Gasteiger partial charge in [0.2, 0.25) is 5.75 Å². The molecule has 1 saturated heterocycles. The summed E-state index contributed by atoms with van der Waals surface area (Å²) in [5.74, 6) is 6.08. The maximum atomic E-state index is 11.6. The second-order valence-corrected chi connectivity index (χ2v) is 8.08. The second-order valence-electron chi connectivity index (χ2n) is 8.08. The van der Waals surface area contributed by atoms with Crippen molar-refractivity contribution in [2.45, 2.75) is 31.5 Å². The third-order valence-corrected chi connectivity index (χ3v) is 5.79. The largest absolute Gasteiger partial charge is 0.502 e. The van der Waals surface area contributed by atoms with E-state index in [1.165, 1.54) is 11.9 Å². The fourth-order valence-corrected chi connectivity index (χ4v) is 3.77. The van der Waals surface area contributed by atoms with E-state index in [0.717, 1.165) is 42.9 Å². The number of aromatic amines is 1. The summed E-state index contributed by atoms with van der Waals surface area (Å²) in [4.78, 5) is 18.1. The lowest BCUT2D eigenvalue weighted by Crippen LogP contribution is -2.28. The summed E-state index contributed by atoms with van der Waals surface area (Å²) in [5, 5.41) is 16.7. The molecule has 0 aliphatic carbocycles. The number of hydrogen-bond donors (Lipinski definition) is 4. The minimum absolute atomic E-state index is 0.0934. The van der Waals surface area contributed by atoms with E-state index in [0.29, 0.717) is 18.2 Å². The standard InChI is InChI=1S/C26H28N4O3/c1-27-23(14-24-25(31)26(32)30-17-29-24)21-10-8-19(9-11-21)3-2-18-4-6-20(7-5-18)15-28-22-12-13-33-16-22/h4-11,17,22-23,27-28,31H,12-16H2,1H3,(H,29,30,32)/t22-,23?/m1/s1. The SMILES string of the molecule is CNC(Cc1nc[nH]c(=O)c1O)c1ccc(C#Cc2ccc(CN[C@@H]3CCOC3)cc2)cc1. The number of nitrogens with zero attached hydrogens (tertiary/aromatic N) is 1. The molecule has 0 spiro atoms. The zero-order chi connectivity index (χ0) is 23.0. The highest BCUT2D eigenvalue weighted by atomic mass is 16.5. The van der Waals surface area contributed by atoms with Crippen molar-refractivity contribution in [3.05, 3.63) is 93.2 Å². The average Bonchev–Trinajstić information content (AvgIpc) is 3.37. The van der Waals surface area contributed by atoms with Gasteiger partial charge in [0.05, 0.1) is 18.6 Å². The second kappa shape index (κ2) is 10.9. The first-order valence-corrected chi connectivity index (χ1v) is 11.1. The summed E-state index contributed by atoms with van der Waals surface area (Å²) in [6.45, 7) is 2.47. The maximum absolute atomic E-state index is 11.6. The molecular formula is C26H28N4O3. The fourth-order valence-electron chi connectivity index (χ4n) is 3.77. The minimum atomic E-state index is -0.534. The maximum Gasteiger partial charge on any atom is 0.293 e. The number of aromatic nitrogens is 2. The van der Waals surface area contributed by atoms with Gasteiger partial charge in [0.1, 0.15) is 0 Å². The van der Waals surface area contributed by atoms with E-state index in [9.17, 15) is 9.90 Å². The molecule has 1 aliphatic heterocycles. The van der Waals surface area contributed by atoms with Gasteiger partial charge in [-0.15, -0.1) is 0 Å². The van der Waals surface area contributed by atoms with E-state index in [1.807, 2.05) is 43.4 Å². The first-order chi connectivity index (χ1) is 16.1. The Balaban J connectivity index is 1.37. The molecule has 7 nitrogen and oxygen atoms in total. The van der Waals surface area contributed by atoms with Gasteiger partial charge in [-0.2, -0.15) is 0 Å². The Morgan fingerprint density at radius 2 is 1.85 bits per heavy atom. The van der Waals surface area contributed by atoms with Crippen LogP contribution in [0.5, 0.6) is 5.75 Å². The molecule has 0 amide bonds. The van der Waals surface area contributed by atoms with Crippen LogP contribution in [-0.2, 0) is 17.7 Å². The van der Waals surface area contributed by atoms with Gasteiger partial charge in [0.15, 0.2) is 0 Å². The number of rotatable bonds is 7. The lowest BCUT2D eigenvalue weighted by Gasteiger charge is -2.16. The molecule has 1 aromatic heterocycles. The van der Waals surface area contributed by atoms with Gasteiger partial charge in [-0.05, 0) is 48.9 Å². The Hall–Kier alpha value is -3.44. The van der Waals surface area contributed by atoms with Gasteiger partial charge >= 0.3 is 0 Å². The van der Waals surface area contributed by atoms with Crippen LogP contribution in [0, 0.1) is 11.8 Å². The lowest BCUT2D eigenvalue weighted by atomic mass is 10.00. The molecule has 1 aliphatic rings. The summed E-state index contributed by atoms with van der Waals surface area (Å²) in [6.07, 6.45) is 2.77. The van der Waals surface area contributed by atoms with Crippen molar-refractivity contribution in [2.24, 2.45) is 0 Å². The fraction of sp³-hybridized carbons (Fsp3) is 0.308. The first-order valence-electron chi connectivity index (χ1n) is 11.1. The molecule has 1 unspecified atom stereocenters. The van der Waals surface area contributed by atoms with Crippen LogP contribution in [0.2, 0.25) is 0 Å². The Morgan fingerprint density at radius 1 is 1.15 bits per heavy atom. The Morgan fingerprint density at radius 3 is 2.48 bits per heavy atom. The number of aromatic hydroxyl groups is 1. The van der Waals surface area contributed by atoms with Crippen LogP contribution in [0.4, 0.5) is 0 Å². The molecule has 2 atom stereocenters. The molecule has 2 aromatic carbocycles. The minimum Gasteiger partial charge on any atom is -0.502 e. The van der Waals surface area contributed by atoms with E-state index < -0.39 is 5.56 Å². The van der Waals surface area contributed by atoms with Gasteiger partial charge in [-0.1, -0.05) is 36.1 Å². The molecule has 0 radical (unpaired) electrons. The van der Waals surface area contributed by atoms with E-state index in [1.54, 1.807) is 0 Å². The van der Waals surface area contributed by atoms with Gasteiger partial charge in [0.25, 0.3) is 5.56 Å². The molecule has 2 heterocycles. The van der Waals surface area contributed by atoms with Crippen LogP contribution in [0.15, 0.2) is 59.7 Å². The van der Waals surface area contributed by atoms with Crippen molar-refractivity contribution in [3.8, 4) is 17.6 Å². The quantitative estimate of drug-likeness (QED) is 0.417. The molecule has 170 valence electrons. The Kier molecular flexibility index (Phi) is 7.53. The van der Waals surface area contributed by atoms with Gasteiger partial charge in [-0.25, -0.2) is 4.98 Å². The van der Waals surface area contributed by atoms with Gasteiger partial charge < -0.3 is 25.5 Å². The van der Waals surface area contributed by atoms with E-state index in [-0.39, 0.29) is 11.8 Å². The molecule has 0 saturated carbocycles. The molecule has 7 heteroatoms. The van der Waals surface area contributed by atoms with Crippen LogP contribution in [0.1, 0.15) is 40.4 Å². The van der Waals surface area contributed by atoms with E-state index in [4.69, 9.17) is 4.74 Å². The molecule has 1 fully saturated rings. The Bertz CT molecular complexity index is 1170. The first kappa shape index (κ1) is 22.7. The summed E-state index contributed by atoms with van der Waals surface area (Å²) in [6, 6.07) is 16.6. The third kappa shape index (κ3) is 6.08. The van der Waals surface area contributed by atoms with Crippen molar-refractivity contribution < 1.29 is 9.84 Å². The van der Waals surface area contributed by atoms with Crippen LogP contribution in [0.25, 0.3) is 0 Å². The number of ether oxygens (including phenoxy) is 1. The lowest BCUT2D eigenvalue weighted by molar-refractivity contribution is 0.190. The van der Waals surface area contributed by atoms with E-state index >= 15 is 0 Å². The highest BCUT2D eigenvalue weighted by Crippen LogP contribution is 2.20. The number of nitrogens with one attached hydrogen (secondary N) is 3. The molecule has 33 heavy (non-hydrogen) atoms. The van der Waals surface area contributed by atoms with Crippen molar-refractivity contribution >= 4 is 0 Å². The number of benzene rings is 2. The number of hydrogen-bond acceptors (Lipinski definition) is 6. The molecule has 3 aromatic rings. The Labute approximate surface area is 193 Å². The van der Waals surface area contributed by atoms with Crippen molar-refractivity contribution in [1.82, 2.24) is 20.6 Å². The zero-order valence-corrected chi connectivity index (χ0v) is 18.6. The smallest absolute Gasteiger partial charge is 0.293 e. The van der Waals surface area contributed by atoms with Crippen LogP contribution in [0.3, 0.4) is 0 Å². The van der Waals surface area contributed by atoms with Crippen molar-refractivity contribution in [1.29, 1.82) is 0 Å². The van der Waals surface area contributed by atoms with Crippen molar-refractivity contribution in [2.75, 3.05) is 20.3 Å². The number of likely N-dealkylation sites (N-methyl/N-ethyl adjacent to an activating group) is 1. The topological polar surface area (TPSA) is 99.3 Å². The highest BCUT2D eigenvalue weighted by molar-refractivity contribution is 5.44. The average molecular weight is 445 g/mol. The van der Waals surface area contributed by atoms with Gasteiger partial charge in [-0.3, -0.25) is 4.79 Å². The summed E-state index contributed by atoms with van der Waals surface area (Å²) in [5.41, 5.74) is 3.96. The predicted molar refractivity (Wildman–Crippen MR) is 127 cm³/mol. The third-order valence-electron chi connectivity index (χ3n) is 5.79. The van der Waals surface area contributed by atoms with Crippen LogP contribution >= 0.6 is 0 Å². The van der Waals surface area contributed by atoms with E-state index in [2.05, 4.69) is 44.6 Å².